The van der Waals surface area contributed by atoms with Crippen molar-refractivity contribution < 1.29 is 4.79 Å². The van der Waals surface area contributed by atoms with Gasteiger partial charge in [-0.2, -0.15) is 5.10 Å². The van der Waals surface area contributed by atoms with Gasteiger partial charge < -0.3 is 10.6 Å². The number of hydrogen-bond acceptors (Lipinski definition) is 3. The molecule has 0 aliphatic heterocycles. The molecule has 0 aliphatic carbocycles. The lowest BCUT2D eigenvalue weighted by Crippen LogP contribution is -2.42. The Balaban J connectivity index is 3.15. The third kappa shape index (κ3) is 1.95. The number of hydrogen-bond donors (Lipinski definition) is 1. The minimum atomic E-state index is -0.412. The topological polar surface area (TPSA) is 64.2 Å². The highest BCUT2D eigenvalue weighted by Crippen LogP contribution is 2.27. The van der Waals surface area contributed by atoms with Crippen molar-refractivity contribution in [1.82, 2.24) is 14.7 Å². The van der Waals surface area contributed by atoms with Crippen molar-refractivity contribution in [2.24, 2.45) is 7.05 Å². The van der Waals surface area contributed by atoms with Gasteiger partial charge in [-0.3, -0.25) is 9.48 Å². The molecule has 0 aliphatic rings. The van der Waals surface area contributed by atoms with Gasteiger partial charge in [0, 0.05) is 27.1 Å². The maximum Gasteiger partial charge on any atom is 0.219 e. The van der Waals surface area contributed by atoms with Crippen LogP contribution in [0.3, 0.4) is 0 Å². The minimum absolute atomic E-state index is 0.0137. The minimum Gasteiger partial charge on any atom is -0.382 e. The summed E-state index contributed by atoms with van der Waals surface area (Å²) in [6.45, 7) is 5.47. The Bertz CT molecular complexity index is 381. The summed E-state index contributed by atoms with van der Waals surface area (Å²) in [4.78, 5) is 13.0. The normalized spacial score (nSPS) is 11.5. The fraction of sp³-hybridized carbons (Fsp3) is 0.600. The van der Waals surface area contributed by atoms with Gasteiger partial charge in [0.25, 0.3) is 0 Å². The molecule has 0 aromatic carbocycles. The van der Waals surface area contributed by atoms with Crippen LogP contribution in [0, 0.1) is 0 Å². The molecule has 1 heterocycles. The summed E-state index contributed by atoms with van der Waals surface area (Å²) >= 11 is 0. The quantitative estimate of drug-likeness (QED) is 0.782. The highest BCUT2D eigenvalue weighted by molar-refractivity contribution is 5.74. The monoisotopic (exact) mass is 210 g/mol. The summed E-state index contributed by atoms with van der Waals surface area (Å²) in [6.07, 6.45) is 0. The smallest absolute Gasteiger partial charge is 0.219 e. The zero-order valence-electron chi connectivity index (χ0n) is 9.90. The summed E-state index contributed by atoms with van der Waals surface area (Å²) < 4.78 is 1.70. The van der Waals surface area contributed by atoms with Gasteiger partial charge >= 0.3 is 0 Å². The number of anilines is 1. The van der Waals surface area contributed by atoms with Crippen molar-refractivity contribution in [3.05, 3.63) is 11.8 Å². The maximum atomic E-state index is 11.3. The van der Waals surface area contributed by atoms with Crippen LogP contribution in [0.25, 0.3) is 0 Å². The zero-order valence-corrected chi connectivity index (χ0v) is 9.90. The van der Waals surface area contributed by atoms with E-state index in [4.69, 9.17) is 5.73 Å². The molecule has 2 N–H and O–H groups in total. The van der Waals surface area contributed by atoms with Crippen LogP contribution in [-0.2, 0) is 17.4 Å². The highest BCUT2D eigenvalue weighted by atomic mass is 16.2. The fourth-order valence-corrected chi connectivity index (χ4v) is 1.63. The molecule has 0 spiro atoms. The van der Waals surface area contributed by atoms with Crippen molar-refractivity contribution in [3.8, 4) is 0 Å². The van der Waals surface area contributed by atoms with Crippen LogP contribution in [-0.4, -0.2) is 27.6 Å². The first kappa shape index (κ1) is 11.6. The first-order chi connectivity index (χ1) is 6.76. The molecule has 0 saturated carbocycles. The molecule has 0 radical (unpaired) electrons. The van der Waals surface area contributed by atoms with E-state index in [-0.39, 0.29) is 5.91 Å². The van der Waals surface area contributed by atoms with Crippen molar-refractivity contribution in [1.29, 1.82) is 0 Å². The number of aromatic nitrogens is 2. The van der Waals surface area contributed by atoms with Crippen LogP contribution in [0.2, 0.25) is 0 Å². The van der Waals surface area contributed by atoms with Crippen molar-refractivity contribution in [2.75, 3.05) is 12.8 Å². The van der Waals surface area contributed by atoms with Gasteiger partial charge in [0.1, 0.15) is 5.82 Å². The molecule has 15 heavy (non-hydrogen) atoms. The number of carbonyl (C=O) groups excluding carboxylic acids is 1. The van der Waals surface area contributed by atoms with Gasteiger partial charge in [0.05, 0.1) is 11.2 Å². The van der Waals surface area contributed by atoms with E-state index in [9.17, 15) is 4.79 Å². The number of aryl methyl sites for hydroxylation is 1. The number of nitrogen functional groups attached to an aromatic ring is 1. The Morgan fingerprint density at radius 3 is 2.47 bits per heavy atom. The lowest BCUT2D eigenvalue weighted by Gasteiger charge is -2.34. The molecule has 0 fully saturated rings. The molecule has 1 aromatic rings. The van der Waals surface area contributed by atoms with Crippen molar-refractivity contribution >= 4 is 11.7 Å². The van der Waals surface area contributed by atoms with Crippen molar-refractivity contribution in [2.45, 2.75) is 26.3 Å². The summed E-state index contributed by atoms with van der Waals surface area (Å²) in [5, 5.41) is 4.08. The maximum absolute atomic E-state index is 11.3. The van der Waals surface area contributed by atoms with Gasteiger partial charge in [-0.25, -0.2) is 0 Å². The van der Waals surface area contributed by atoms with E-state index >= 15 is 0 Å². The molecule has 1 amide bonds. The number of nitrogens with zero attached hydrogens (tertiary/aromatic N) is 3. The van der Waals surface area contributed by atoms with E-state index in [1.807, 2.05) is 20.9 Å². The third-order valence-corrected chi connectivity index (χ3v) is 2.84. The first-order valence-electron chi connectivity index (χ1n) is 4.81. The molecule has 0 saturated heterocycles. The van der Waals surface area contributed by atoms with E-state index in [0.717, 1.165) is 5.69 Å². The van der Waals surface area contributed by atoms with E-state index in [1.165, 1.54) is 0 Å². The van der Waals surface area contributed by atoms with Gasteiger partial charge in [-0.05, 0) is 13.8 Å². The average molecular weight is 210 g/mol. The Morgan fingerprint density at radius 1 is 1.60 bits per heavy atom. The van der Waals surface area contributed by atoms with Crippen LogP contribution in [0.1, 0.15) is 26.5 Å². The van der Waals surface area contributed by atoms with E-state index in [0.29, 0.717) is 5.82 Å². The molecule has 1 aromatic heterocycles. The van der Waals surface area contributed by atoms with Crippen LogP contribution in [0.5, 0.6) is 0 Å². The summed E-state index contributed by atoms with van der Waals surface area (Å²) in [5.74, 6) is 0.484. The number of rotatable bonds is 2. The van der Waals surface area contributed by atoms with E-state index in [2.05, 4.69) is 5.10 Å². The Kier molecular flexibility index (Phi) is 2.75. The summed E-state index contributed by atoms with van der Waals surface area (Å²) in [7, 11) is 3.59. The largest absolute Gasteiger partial charge is 0.382 e. The molecule has 0 bridgehead atoms. The van der Waals surface area contributed by atoms with Crippen LogP contribution < -0.4 is 5.73 Å². The first-order valence-corrected chi connectivity index (χ1v) is 4.81. The van der Waals surface area contributed by atoms with Gasteiger partial charge in [0.15, 0.2) is 0 Å². The second kappa shape index (κ2) is 3.56. The second-order valence-electron chi connectivity index (χ2n) is 4.22. The van der Waals surface area contributed by atoms with Gasteiger partial charge in [-0.1, -0.05) is 0 Å². The lowest BCUT2D eigenvalue weighted by atomic mass is 9.98. The zero-order chi connectivity index (χ0) is 11.8. The Morgan fingerprint density at radius 2 is 2.13 bits per heavy atom. The SMILES string of the molecule is CC(=O)N(C)C(C)(C)c1cc(N)nn1C. The second-order valence-corrected chi connectivity index (χ2v) is 4.22. The third-order valence-electron chi connectivity index (χ3n) is 2.84. The highest BCUT2D eigenvalue weighted by Gasteiger charge is 2.30. The molecule has 5 nitrogen and oxygen atoms in total. The summed E-state index contributed by atoms with van der Waals surface area (Å²) in [6, 6.07) is 1.79. The number of amides is 1. The number of nitrogens with two attached hydrogens (primary N) is 1. The molecule has 5 heteroatoms. The molecule has 1 rings (SSSR count). The molecule has 0 atom stereocenters. The fourth-order valence-electron chi connectivity index (χ4n) is 1.63. The lowest BCUT2D eigenvalue weighted by molar-refractivity contribution is -0.132. The number of carbonyl (C=O) groups is 1. The van der Waals surface area contributed by atoms with Gasteiger partial charge in [-0.15, -0.1) is 0 Å². The predicted octanol–water partition coefficient (Wildman–Crippen LogP) is 0.716. The van der Waals surface area contributed by atoms with Crippen LogP contribution in [0.15, 0.2) is 6.07 Å². The van der Waals surface area contributed by atoms with E-state index < -0.39 is 5.54 Å². The molecular formula is C10H18N4O. The summed E-state index contributed by atoms with van der Waals surface area (Å²) in [5.41, 5.74) is 6.12. The molecule has 84 valence electrons. The van der Waals surface area contributed by atoms with Crippen molar-refractivity contribution in [3.63, 3.8) is 0 Å². The van der Waals surface area contributed by atoms with E-state index in [1.54, 1.807) is 29.6 Å². The average Bonchev–Trinajstić information content (AvgIpc) is 2.44. The van der Waals surface area contributed by atoms with Crippen LogP contribution in [0.4, 0.5) is 5.82 Å². The molecule has 0 unspecified atom stereocenters. The molecular weight excluding hydrogens is 192 g/mol. The van der Waals surface area contributed by atoms with Gasteiger partial charge in [0.2, 0.25) is 5.91 Å². The Hall–Kier alpha value is -1.52. The van der Waals surface area contributed by atoms with Crippen LogP contribution >= 0.6 is 0 Å². The Labute approximate surface area is 89.9 Å². The predicted molar refractivity (Wildman–Crippen MR) is 59.1 cm³/mol. The standard InChI is InChI=1S/C10H18N4O/c1-7(15)13(4)10(2,3)8-6-9(11)12-14(8)5/h6H,1-5H3,(H2,11,12).